The van der Waals surface area contributed by atoms with Crippen LogP contribution in [0.1, 0.15) is 40.6 Å². The molecule has 0 saturated carbocycles. The first-order valence-electron chi connectivity index (χ1n) is 8.75. The van der Waals surface area contributed by atoms with Crippen LogP contribution in [0.25, 0.3) is 12.2 Å². The zero-order chi connectivity index (χ0) is 15.6. The van der Waals surface area contributed by atoms with E-state index in [1.54, 1.807) is 19.4 Å². The van der Waals surface area contributed by atoms with Crippen LogP contribution in [0.15, 0.2) is 48.6 Å². The molecule has 2 aromatic carbocycles. The van der Waals surface area contributed by atoms with Crippen molar-refractivity contribution >= 4 is 12.2 Å². The Kier molecular flexibility index (Phi) is 3.02. The quantitative estimate of drug-likeness (QED) is 0.589. The molecule has 0 amide bonds. The second-order valence-electron chi connectivity index (χ2n) is 7.67. The van der Waals surface area contributed by atoms with Gasteiger partial charge < -0.3 is 0 Å². The summed E-state index contributed by atoms with van der Waals surface area (Å²) in [7, 11) is 0. The van der Waals surface area contributed by atoms with Crippen molar-refractivity contribution in [3.05, 3.63) is 81.9 Å². The fourth-order valence-corrected chi connectivity index (χ4v) is 20.3. The van der Waals surface area contributed by atoms with Crippen LogP contribution >= 0.6 is 0 Å². The van der Waals surface area contributed by atoms with Gasteiger partial charge in [-0.3, -0.25) is 0 Å². The predicted octanol–water partition coefficient (Wildman–Crippen LogP) is 6.14. The van der Waals surface area contributed by atoms with Crippen LogP contribution in [-0.2, 0) is 20.3 Å². The molecule has 2 atom stereocenters. The summed E-state index contributed by atoms with van der Waals surface area (Å²) < 4.78 is 4.69. The molecule has 23 heavy (non-hydrogen) atoms. The van der Waals surface area contributed by atoms with Crippen molar-refractivity contribution in [3.8, 4) is 0 Å². The number of hydrogen-bond acceptors (Lipinski definition) is 0. The molecule has 5 rings (SSSR count). The van der Waals surface area contributed by atoms with E-state index in [4.69, 9.17) is 0 Å². The number of aryl methyl sites for hydroxylation is 2. The fourth-order valence-electron chi connectivity index (χ4n) is 4.80. The average Bonchev–Trinajstić information content (AvgIpc) is 3.04. The summed E-state index contributed by atoms with van der Waals surface area (Å²) in [6.07, 6.45) is 9.92. The number of hydrogen-bond donors (Lipinski definition) is 0. The van der Waals surface area contributed by atoms with Gasteiger partial charge in [0.25, 0.3) is 0 Å². The van der Waals surface area contributed by atoms with E-state index in [1.165, 1.54) is 22.3 Å². The number of allylic oxidation sites excluding steroid dienone is 2. The third-order valence-electron chi connectivity index (χ3n) is 6.16. The molecule has 1 aliphatic heterocycles. The summed E-state index contributed by atoms with van der Waals surface area (Å²) in [4.78, 5) is 0. The van der Waals surface area contributed by atoms with E-state index in [0.717, 1.165) is 7.25 Å². The van der Waals surface area contributed by atoms with Crippen molar-refractivity contribution in [2.75, 3.05) is 0 Å². The summed E-state index contributed by atoms with van der Waals surface area (Å²) in [5.41, 5.74) is 9.08. The maximum atomic E-state index is 2.56. The third kappa shape index (κ3) is 2.06. The summed E-state index contributed by atoms with van der Waals surface area (Å²) in [5.74, 6) is 0. The molecule has 3 aliphatic rings. The van der Waals surface area contributed by atoms with E-state index in [2.05, 4.69) is 74.5 Å². The molecule has 2 aliphatic carbocycles. The second kappa shape index (κ2) is 4.90. The second-order valence-corrected chi connectivity index (χ2v) is 19.2. The standard InChI is InChI=1S/2C10H9.C2H4.Zr/c2*1-8-5-6-9-3-2-4-10(9)7-8;1-2;/h2*2-7H,1H3;1-2H2;. The Labute approximate surface area is 143 Å². The molecule has 2 unspecified atom stereocenters. The fraction of sp³-hybridized carbons (Fsp3) is 0.273. The van der Waals surface area contributed by atoms with Crippen molar-refractivity contribution in [2.45, 2.75) is 29.4 Å². The van der Waals surface area contributed by atoms with Gasteiger partial charge in [-0.1, -0.05) is 0 Å². The van der Waals surface area contributed by atoms with E-state index in [9.17, 15) is 0 Å². The molecular weight excluding hydrogens is 355 g/mol. The molecule has 0 bridgehead atoms. The van der Waals surface area contributed by atoms with Crippen LogP contribution < -0.4 is 0 Å². The molecule has 0 aromatic heterocycles. The molecule has 0 nitrogen and oxygen atoms in total. The Bertz CT molecular complexity index is 798. The zero-order valence-electron chi connectivity index (χ0n) is 13.8. The molecule has 1 saturated heterocycles. The Balaban J connectivity index is 1.59. The minimum absolute atomic E-state index is 0.792. The molecule has 114 valence electrons. The van der Waals surface area contributed by atoms with Crippen LogP contribution in [0.3, 0.4) is 0 Å². The number of rotatable bonds is 2. The van der Waals surface area contributed by atoms with Gasteiger partial charge in [-0.05, 0) is 0 Å². The molecule has 0 radical (unpaired) electrons. The van der Waals surface area contributed by atoms with Crippen molar-refractivity contribution in [1.82, 2.24) is 0 Å². The van der Waals surface area contributed by atoms with Crippen molar-refractivity contribution in [1.29, 1.82) is 0 Å². The normalized spacial score (nSPS) is 25.5. The SMILES string of the molecule is Cc1ccc2c(c1)[CH]([Zr]1([CH]3C=Cc4ccc(C)cc43)[CH2][CH2]1)C=C2. The summed E-state index contributed by atoms with van der Waals surface area (Å²) in [6, 6.07) is 14.1. The minimum atomic E-state index is -2.19. The van der Waals surface area contributed by atoms with E-state index < -0.39 is 20.3 Å². The van der Waals surface area contributed by atoms with Gasteiger partial charge in [-0.2, -0.15) is 0 Å². The number of benzene rings is 2. The summed E-state index contributed by atoms with van der Waals surface area (Å²) in [5, 5.41) is 0. The van der Waals surface area contributed by atoms with Gasteiger partial charge in [0.05, 0.1) is 0 Å². The predicted molar refractivity (Wildman–Crippen MR) is 95.5 cm³/mol. The van der Waals surface area contributed by atoms with Crippen LogP contribution in [0.2, 0.25) is 8.26 Å². The van der Waals surface area contributed by atoms with Crippen molar-refractivity contribution in [3.63, 3.8) is 0 Å². The Morgan fingerprint density at radius 3 is 1.65 bits per heavy atom. The molecular formula is C22H22Zr. The molecule has 1 heterocycles. The van der Waals surface area contributed by atoms with Crippen LogP contribution in [0.5, 0.6) is 0 Å². The van der Waals surface area contributed by atoms with Gasteiger partial charge in [0, 0.05) is 0 Å². The molecule has 0 N–H and O–H groups in total. The number of fused-ring (bicyclic) bond motifs is 2. The van der Waals surface area contributed by atoms with Gasteiger partial charge in [0.15, 0.2) is 0 Å². The average molecular weight is 378 g/mol. The summed E-state index contributed by atoms with van der Waals surface area (Å²) in [6.45, 7) is 4.47. The van der Waals surface area contributed by atoms with Crippen LogP contribution in [-0.4, -0.2) is 0 Å². The van der Waals surface area contributed by atoms with Gasteiger partial charge in [-0.15, -0.1) is 0 Å². The van der Waals surface area contributed by atoms with Crippen molar-refractivity contribution < 1.29 is 20.3 Å². The molecule has 1 fully saturated rings. The first-order chi connectivity index (χ1) is 11.2. The molecule has 0 spiro atoms. The van der Waals surface area contributed by atoms with E-state index in [0.29, 0.717) is 0 Å². The van der Waals surface area contributed by atoms with Gasteiger partial charge >= 0.3 is 144 Å². The summed E-state index contributed by atoms with van der Waals surface area (Å²) >= 11 is -2.19. The van der Waals surface area contributed by atoms with Crippen LogP contribution in [0, 0.1) is 13.8 Å². The Hall–Kier alpha value is -1.20. The zero-order valence-corrected chi connectivity index (χ0v) is 16.3. The van der Waals surface area contributed by atoms with Crippen molar-refractivity contribution in [2.24, 2.45) is 0 Å². The van der Waals surface area contributed by atoms with Gasteiger partial charge in [0.1, 0.15) is 0 Å². The Morgan fingerprint density at radius 2 is 1.22 bits per heavy atom. The molecule has 1 heteroatoms. The van der Waals surface area contributed by atoms with E-state index >= 15 is 0 Å². The maximum absolute atomic E-state index is 2.56. The Morgan fingerprint density at radius 1 is 0.739 bits per heavy atom. The van der Waals surface area contributed by atoms with Crippen LogP contribution in [0.4, 0.5) is 0 Å². The topological polar surface area (TPSA) is 0 Å². The van der Waals surface area contributed by atoms with E-state index in [1.807, 2.05) is 0 Å². The first kappa shape index (κ1) is 14.2. The first-order valence-corrected chi connectivity index (χ1v) is 15.1. The molecule has 2 aromatic rings. The van der Waals surface area contributed by atoms with E-state index in [-0.39, 0.29) is 0 Å². The monoisotopic (exact) mass is 376 g/mol. The van der Waals surface area contributed by atoms with Gasteiger partial charge in [0.2, 0.25) is 0 Å². The third-order valence-corrected chi connectivity index (χ3v) is 18.8. The van der Waals surface area contributed by atoms with Gasteiger partial charge in [-0.25, -0.2) is 0 Å².